The Morgan fingerprint density at radius 1 is 0.781 bits per heavy atom. The van der Waals surface area contributed by atoms with Gasteiger partial charge < -0.3 is 9.47 Å². The van der Waals surface area contributed by atoms with Gasteiger partial charge in [0.1, 0.15) is 12.4 Å². The maximum atomic E-state index is 12.3. The van der Waals surface area contributed by atoms with Crippen molar-refractivity contribution in [3.05, 3.63) is 89.5 Å². The van der Waals surface area contributed by atoms with Crippen molar-refractivity contribution in [2.45, 2.75) is 45.6 Å². The van der Waals surface area contributed by atoms with Gasteiger partial charge in [0.25, 0.3) is 0 Å². The van der Waals surface area contributed by atoms with Crippen molar-refractivity contribution in [3.63, 3.8) is 0 Å². The highest BCUT2D eigenvalue weighted by Gasteiger charge is 2.22. The topological polar surface area (TPSA) is 52.6 Å². The Kier molecular flexibility index (Phi) is 7.00. The lowest BCUT2D eigenvalue weighted by atomic mass is 9.89. The predicted molar refractivity (Wildman–Crippen MR) is 124 cm³/mol. The van der Waals surface area contributed by atoms with Crippen molar-refractivity contribution >= 4 is 11.9 Å². The summed E-state index contributed by atoms with van der Waals surface area (Å²) >= 11 is 0. The van der Waals surface area contributed by atoms with Crippen molar-refractivity contribution in [1.29, 1.82) is 0 Å². The van der Waals surface area contributed by atoms with Crippen molar-refractivity contribution in [2.75, 3.05) is 0 Å². The van der Waals surface area contributed by atoms with Crippen LogP contribution in [0.2, 0.25) is 0 Å². The predicted octanol–water partition coefficient (Wildman–Crippen LogP) is 6.50. The Morgan fingerprint density at radius 3 is 2.00 bits per heavy atom. The maximum Gasteiger partial charge on any atom is 0.338 e. The lowest BCUT2D eigenvalue weighted by molar-refractivity contribution is -0.139. The molecule has 0 bridgehead atoms. The van der Waals surface area contributed by atoms with Gasteiger partial charge in [-0.15, -0.1) is 0 Å². The molecule has 3 aromatic rings. The van der Waals surface area contributed by atoms with E-state index in [1.54, 1.807) is 12.1 Å². The second kappa shape index (κ2) is 10.3. The van der Waals surface area contributed by atoms with Gasteiger partial charge in [-0.05, 0) is 60.7 Å². The summed E-state index contributed by atoms with van der Waals surface area (Å²) in [5.74, 6) is 0.135. The largest absolute Gasteiger partial charge is 0.457 e. The molecule has 1 aliphatic carbocycles. The summed E-state index contributed by atoms with van der Waals surface area (Å²) in [5, 5.41) is 0. The number of carbonyl (C=O) groups is 2. The van der Waals surface area contributed by atoms with Crippen molar-refractivity contribution in [2.24, 2.45) is 5.92 Å². The van der Waals surface area contributed by atoms with Gasteiger partial charge in [0, 0.05) is 0 Å². The summed E-state index contributed by atoms with van der Waals surface area (Å²) in [7, 11) is 0. The molecule has 4 heteroatoms. The molecule has 0 aliphatic heterocycles. The van der Waals surface area contributed by atoms with Crippen LogP contribution in [-0.2, 0) is 16.1 Å². The summed E-state index contributed by atoms with van der Waals surface area (Å²) in [4.78, 5) is 24.7. The molecule has 0 amide bonds. The van der Waals surface area contributed by atoms with Gasteiger partial charge in [0.15, 0.2) is 0 Å². The molecule has 0 unspecified atom stereocenters. The molecular weight excluding hydrogens is 400 g/mol. The Bertz CT molecular complexity index is 1040. The molecule has 164 valence electrons. The molecule has 1 saturated carbocycles. The van der Waals surface area contributed by atoms with Crippen LogP contribution in [0.15, 0.2) is 72.8 Å². The highest BCUT2D eigenvalue weighted by molar-refractivity contribution is 5.90. The fourth-order valence-electron chi connectivity index (χ4n) is 3.97. The highest BCUT2D eigenvalue weighted by Crippen LogP contribution is 2.27. The zero-order valence-corrected chi connectivity index (χ0v) is 18.4. The maximum absolute atomic E-state index is 12.3. The lowest BCUT2D eigenvalue weighted by Crippen LogP contribution is -2.22. The first-order chi connectivity index (χ1) is 15.6. The van der Waals surface area contributed by atoms with E-state index in [1.807, 2.05) is 67.6 Å². The minimum absolute atomic E-state index is 0.0294. The molecule has 1 fully saturated rings. The first kappa shape index (κ1) is 21.8. The number of rotatable bonds is 6. The number of benzene rings is 3. The van der Waals surface area contributed by atoms with E-state index in [-0.39, 0.29) is 24.5 Å². The molecule has 1 aliphatic rings. The lowest BCUT2D eigenvalue weighted by Gasteiger charge is -2.19. The minimum atomic E-state index is -0.345. The fraction of sp³-hybridized carbons (Fsp3) is 0.286. The molecule has 0 atom stereocenters. The van der Waals surface area contributed by atoms with Crippen LogP contribution in [0.3, 0.4) is 0 Å². The van der Waals surface area contributed by atoms with Crippen molar-refractivity contribution in [1.82, 2.24) is 0 Å². The Balaban J connectivity index is 1.33. The number of aryl methyl sites for hydroxylation is 1. The van der Waals surface area contributed by atoms with E-state index in [1.165, 1.54) is 12.0 Å². The van der Waals surface area contributed by atoms with E-state index in [0.717, 1.165) is 42.4 Å². The second-order valence-electron chi connectivity index (χ2n) is 8.42. The quantitative estimate of drug-likeness (QED) is 0.332. The standard InChI is InChI=1S/C28H28O4/c1-20-7-9-21(10-8-20)19-31-27(29)25-13-11-22(12-14-25)23-15-17-26(18-16-23)32-28(30)24-5-3-2-4-6-24/h7-18,24H,2-6,19H2,1H3. The molecule has 3 aromatic carbocycles. The summed E-state index contributed by atoms with van der Waals surface area (Å²) in [5.41, 5.74) is 4.61. The van der Waals surface area contributed by atoms with E-state index < -0.39 is 0 Å². The van der Waals surface area contributed by atoms with Crippen LogP contribution >= 0.6 is 0 Å². The monoisotopic (exact) mass is 428 g/mol. The zero-order chi connectivity index (χ0) is 22.3. The first-order valence-electron chi connectivity index (χ1n) is 11.2. The molecule has 0 heterocycles. The number of ether oxygens (including phenoxy) is 2. The average molecular weight is 429 g/mol. The molecule has 0 N–H and O–H groups in total. The van der Waals surface area contributed by atoms with E-state index >= 15 is 0 Å². The number of hydrogen-bond donors (Lipinski definition) is 0. The van der Waals surface area contributed by atoms with Crippen LogP contribution in [0.4, 0.5) is 0 Å². The van der Waals surface area contributed by atoms with E-state index in [4.69, 9.17) is 9.47 Å². The number of hydrogen-bond acceptors (Lipinski definition) is 4. The van der Waals surface area contributed by atoms with Crippen LogP contribution in [0.1, 0.15) is 53.6 Å². The van der Waals surface area contributed by atoms with E-state index in [0.29, 0.717) is 11.3 Å². The summed E-state index contributed by atoms with van der Waals surface area (Å²) in [6.07, 6.45) is 5.28. The smallest absolute Gasteiger partial charge is 0.338 e. The Morgan fingerprint density at radius 2 is 1.38 bits per heavy atom. The Labute approximate surface area is 189 Å². The van der Waals surface area contributed by atoms with Crippen molar-refractivity contribution in [3.8, 4) is 16.9 Å². The Hall–Kier alpha value is -3.40. The summed E-state index contributed by atoms with van der Waals surface area (Å²) in [6, 6.07) is 22.7. The van der Waals surface area contributed by atoms with Gasteiger partial charge in [-0.1, -0.05) is 73.4 Å². The van der Waals surface area contributed by atoms with Gasteiger partial charge in [-0.2, -0.15) is 0 Å². The van der Waals surface area contributed by atoms with Gasteiger partial charge in [0.2, 0.25) is 0 Å². The molecule has 0 aromatic heterocycles. The van der Waals surface area contributed by atoms with E-state index in [2.05, 4.69) is 0 Å². The number of carbonyl (C=O) groups excluding carboxylic acids is 2. The second-order valence-corrected chi connectivity index (χ2v) is 8.42. The van der Waals surface area contributed by atoms with Crippen LogP contribution in [0, 0.1) is 12.8 Å². The average Bonchev–Trinajstić information content (AvgIpc) is 2.84. The van der Waals surface area contributed by atoms with Gasteiger partial charge in [-0.25, -0.2) is 4.79 Å². The first-order valence-corrected chi connectivity index (χ1v) is 11.2. The van der Waals surface area contributed by atoms with Crippen LogP contribution in [-0.4, -0.2) is 11.9 Å². The molecule has 0 radical (unpaired) electrons. The van der Waals surface area contributed by atoms with Gasteiger partial charge >= 0.3 is 11.9 Å². The van der Waals surface area contributed by atoms with Crippen LogP contribution in [0.5, 0.6) is 5.75 Å². The third-order valence-electron chi connectivity index (χ3n) is 5.96. The molecule has 4 nitrogen and oxygen atoms in total. The van der Waals surface area contributed by atoms with Crippen molar-refractivity contribution < 1.29 is 19.1 Å². The molecule has 32 heavy (non-hydrogen) atoms. The third-order valence-corrected chi connectivity index (χ3v) is 5.96. The van der Waals surface area contributed by atoms with Crippen LogP contribution < -0.4 is 4.74 Å². The number of esters is 2. The van der Waals surface area contributed by atoms with E-state index in [9.17, 15) is 9.59 Å². The third kappa shape index (κ3) is 5.64. The summed E-state index contributed by atoms with van der Waals surface area (Å²) < 4.78 is 11.0. The SMILES string of the molecule is Cc1ccc(COC(=O)c2ccc(-c3ccc(OC(=O)C4CCCCC4)cc3)cc2)cc1. The van der Waals surface area contributed by atoms with Crippen LogP contribution in [0.25, 0.3) is 11.1 Å². The molecule has 0 spiro atoms. The minimum Gasteiger partial charge on any atom is -0.457 e. The molecular formula is C28H28O4. The molecule has 4 rings (SSSR count). The normalized spacial score (nSPS) is 14.0. The fourth-order valence-corrected chi connectivity index (χ4v) is 3.97. The van der Waals surface area contributed by atoms with Gasteiger partial charge in [-0.3, -0.25) is 4.79 Å². The molecule has 0 saturated heterocycles. The zero-order valence-electron chi connectivity index (χ0n) is 18.4. The highest BCUT2D eigenvalue weighted by atomic mass is 16.5. The van der Waals surface area contributed by atoms with Gasteiger partial charge in [0.05, 0.1) is 11.5 Å². The summed E-state index contributed by atoms with van der Waals surface area (Å²) in [6.45, 7) is 2.27.